The van der Waals surface area contributed by atoms with E-state index in [0.717, 1.165) is 16.3 Å². The number of ketones is 1. The molecule has 5 nitrogen and oxygen atoms in total. The number of para-hydroxylation sites is 1. The Labute approximate surface area is 190 Å². The van der Waals surface area contributed by atoms with E-state index in [-0.39, 0.29) is 17.1 Å². The number of rotatable bonds is 3. The van der Waals surface area contributed by atoms with Crippen LogP contribution >= 0.6 is 0 Å². The minimum atomic E-state index is -0.842. The molecule has 1 atom stereocenters. The van der Waals surface area contributed by atoms with Gasteiger partial charge in [-0.15, -0.1) is 0 Å². The van der Waals surface area contributed by atoms with Crippen LogP contribution in [0.15, 0.2) is 96.6 Å². The Kier molecular flexibility index (Phi) is 4.94. The smallest absolute Gasteiger partial charge is 0.300 e. The van der Waals surface area contributed by atoms with E-state index < -0.39 is 17.7 Å². The largest absolute Gasteiger partial charge is 0.508 e. The lowest BCUT2D eigenvalue weighted by Crippen LogP contribution is -2.30. The Bertz CT molecular complexity index is 1430. The van der Waals surface area contributed by atoms with Crippen LogP contribution in [0.1, 0.15) is 22.7 Å². The maximum Gasteiger partial charge on any atom is 0.300 e. The fourth-order valence-electron chi connectivity index (χ4n) is 4.46. The lowest BCUT2D eigenvalue weighted by atomic mass is 9.93. The Morgan fingerprint density at radius 2 is 1.48 bits per heavy atom. The van der Waals surface area contributed by atoms with Crippen molar-refractivity contribution in [3.8, 4) is 5.75 Å². The van der Waals surface area contributed by atoms with Crippen molar-refractivity contribution in [2.45, 2.75) is 13.0 Å². The van der Waals surface area contributed by atoms with Crippen LogP contribution in [0.3, 0.4) is 0 Å². The number of nitrogens with zero attached hydrogens (tertiary/aromatic N) is 1. The van der Waals surface area contributed by atoms with E-state index in [9.17, 15) is 19.8 Å². The first-order chi connectivity index (χ1) is 16.0. The average molecular weight is 435 g/mol. The molecule has 0 aliphatic carbocycles. The van der Waals surface area contributed by atoms with Crippen LogP contribution in [-0.4, -0.2) is 21.9 Å². The van der Waals surface area contributed by atoms with Crippen LogP contribution in [0, 0.1) is 6.92 Å². The fraction of sp³-hybridized carbons (Fsp3) is 0.0714. The number of carbonyl (C=O) groups excluding carboxylic acids is 2. The van der Waals surface area contributed by atoms with Crippen LogP contribution in [0.4, 0.5) is 5.69 Å². The van der Waals surface area contributed by atoms with Crippen LogP contribution < -0.4 is 4.90 Å². The molecule has 162 valence electrons. The van der Waals surface area contributed by atoms with Crippen molar-refractivity contribution in [1.29, 1.82) is 0 Å². The lowest BCUT2D eigenvalue weighted by Gasteiger charge is -2.27. The molecule has 4 aromatic carbocycles. The van der Waals surface area contributed by atoms with Crippen molar-refractivity contribution in [2.75, 3.05) is 4.90 Å². The number of aromatic hydroxyl groups is 1. The van der Waals surface area contributed by atoms with Gasteiger partial charge in [-0.2, -0.15) is 0 Å². The summed E-state index contributed by atoms with van der Waals surface area (Å²) in [7, 11) is 0. The predicted molar refractivity (Wildman–Crippen MR) is 128 cm³/mol. The summed E-state index contributed by atoms with van der Waals surface area (Å²) >= 11 is 0. The van der Waals surface area contributed by atoms with Crippen LogP contribution in [0.5, 0.6) is 5.75 Å². The first kappa shape index (κ1) is 20.5. The van der Waals surface area contributed by atoms with Crippen molar-refractivity contribution in [3.05, 3.63) is 113 Å². The standard InChI is InChI=1S/C28H21NO4/c1-17-7-2-5-12-23(17)29-25(19-13-15-20(30)16-14-19)24(27(32)28(29)33)26(31)22-11-6-9-18-8-3-4-10-21(18)22/h2-16,25,30-31H,1H3/b26-24-. The Balaban J connectivity index is 1.79. The molecule has 1 amide bonds. The molecular weight excluding hydrogens is 414 g/mol. The third-order valence-electron chi connectivity index (χ3n) is 6.07. The van der Waals surface area contributed by atoms with Gasteiger partial charge in [0.05, 0.1) is 11.6 Å². The molecule has 2 N–H and O–H groups in total. The molecule has 0 bridgehead atoms. The number of benzene rings is 4. The molecule has 1 aliphatic heterocycles. The zero-order chi connectivity index (χ0) is 23.1. The highest BCUT2D eigenvalue weighted by molar-refractivity contribution is 6.52. The van der Waals surface area contributed by atoms with Gasteiger partial charge in [0.15, 0.2) is 0 Å². The molecule has 0 aromatic heterocycles. The number of aliphatic hydroxyl groups excluding tert-OH is 1. The predicted octanol–water partition coefficient (Wildman–Crippen LogP) is 5.48. The van der Waals surface area contributed by atoms with Crippen molar-refractivity contribution >= 4 is 33.9 Å². The summed E-state index contributed by atoms with van der Waals surface area (Å²) in [4.78, 5) is 28.1. The van der Waals surface area contributed by atoms with E-state index in [4.69, 9.17) is 0 Å². The molecule has 1 fully saturated rings. The van der Waals surface area contributed by atoms with E-state index >= 15 is 0 Å². The maximum absolute atomic E-state index is 13.3. The monoisotopic (exact) mass is 435 g/mol. The third kappa shape index (κ3) is 3.34. The van der Waals surface area contributed by atoms with E-state index in [1.807, 2.05) is 55.5 Å². The number of anilines is 1. The van der Waals surface area contributed by atoms with Crippen LogP contribution in [-0.2, 0) is 9.59 Å². The zero-order valence-electron chi connectivity index (χ0n) is 17.9. The first-order valence-electron chi connectivity index (χ1n) is 10.6. The SMILES string of the molecule is Cc1ccccc1N1C(=O)C(=O)/C(=C(\O)c2cccc3ccccc23)C1c1ccc(O)cc1. The highest BCUT2D eigenvalue weighted by atomic mass is 16.3. The Morgan fingerprint density at radius 1 is 0.818 bits per heavy atom. The molecule has 1 unspecified atom stereocenters. The van der Waals surface area contributed by atoms with Crippen molar-refractivity contribution in [1.82, 2.24) is 0 Å². The summed E-state index contributed by atoms with van der Waals surface area (Å²) in [6.45, 7) is 1.87. The van der Waals surface area contributed by atoms with Gasteiger partial charge in [0.25, 0.3) is 11.7 Å². The molecule has 0 radical (unpaired) electrons. The van der Waals surface area contributed by atoms with Gasteiger partial charge in [-0.25, -0.2) is 0 Å². The molecule has 1 heterocycles. The third-order valence-corrected chi connectivity index (χ3v) is 6.07. The molecule has 5 heteroatoms. The fourth-order valence-corrected chi connectivity index (χ4v) is 4.46. The number of Topliss-reactive ketones (excluding diaryl/α,β-unsaturated/α-hetero) is 1. The highest BCUT2D eigenvalue weighted by Gasteiger charge is 2.47. The van der Waals surface area contributed by atoms with Crippen LogP contribution in [0.2, 0.25) is 0 Å². The van der Waals surface area contributed by atoms with E-state index in [1.54, 1.807) is 30.3 Å². The second-order valence-corrected chi connectivity index (χ2v) is 8.07. The second-order valence-electron chi connectivity index (χ2n) is 8.07. The van der Waals surface area contributed by atoms with Crippen molar-refractivity contribution < 1.29 is 19.8 Å². The molecule has 33 heavy (non-hydrogen) atoms. The normalized spacial score (nSPS) is 17.6. The number of aliphatic hydroxyl groups is 1. The molecule has 4 aromatic rings. The number of phenolic OH excluding ortho intramolecular Hbond substituents is 1. The summed E-state index contributed by atoms with van der Waals surface area (Å²) in [5, 5.41) is 22.9. The Hall–Kier alpha value is -4.38. The number of hydrogen-bond donors (Lipinski definition) is 2. The summed E-state index contributed by atoms with van der Waals surface area (Å²) in [6.07, 6.45) is 0. The summed E-state index contributed by atoms with van der Waals surface area (Å²) in [6, 6.07) is 25.9. The first-order valence-corrected chi connectivity index (χ1v) is 10.6. The van der Waals surface area contributed by atoms with Crippen LogP contribution in [0.25, 0.3) is 16.5 Å². The van der Waals surface area contributed by atoms with Gasteiger partial charge in [0.1, 0.15) is 11.5 Å². The number of fused-ring (bicyclic) bond motifs is 1. The number of carbonyl (C=O) groups is 2. The van der Waals surface area contributed by atoms with Gasteiger partial charge in [-0.3, -0.25) is 14.5 Å². The summed E-state index contributed by atoms with van der Waals surface area (Å²) in [5.74, 6) is -1.61. The number of phenols is 1. The number of aryl methyl sites for hydroxylation is 1. The molecule has 5 rings (SSSR count). The molecular formula is C28H21NO4. The van der Waals surface area contributed by atoms with Gasteiger partial charge in [0.2, 0.25) is 0 Å². The van der Waals surface area contributed by atoms with Gasteiger partial charge >= 0.3 is 0 Å². The number of hydrogen-bond acceptors (Lipinski definition) is 4. The summed E-state index contributed by atoms with van der Waals surface area (Å²) < 4.78 is 0. The highest BCUT2D eigenvalue weighted by Crippen LogP contribution is 2.43. The molecule has 1 saturated heterocycles. The topological polar surface area (TPSA) is 77.8 Å². The van der Waals surface area contributed by atoms with E-state index in [2.05, 4.69) is 0 Å². The van der Waals surface area contributed by atoms with Crippen molar-refractivity contribution in [2.24, 2.45) is 0 Å². The lowest BCUT2D eigenvalue weighted by molar-refractivity contribution is -0.132. The molecule has 1 aliphatic rings. The van der Waals surface area contributed by atoms with Gasteiger partial charge < -0.3 is 10.2 Å². The summed E-state index contributed by atoms with van der Waals surface area (Å²) in [5.41, 5.74) is 2.53. The van der Waals surface area contributed by atoms with Gasteiger partial charge in [-0.1, -0.05) is 72.8 Å². The quantitative estimate of drug-likeness (QED) is 0.254. The minimum absolute atomic E-state index is 0.0188. The zero-order valence-corrected chi connectivity index (χ0v) is 17.9. The average Bonchev–Trinajstić information content (AvgIpc) is 3.09. The van der Waals surface area contributed by atoms with Gasteiger partial charge in [-0.05, 0) is 47.0 Å². The van der Waals surface area contributed by atoms with E-state index in [1.165, 1.54) is 17.0 Å². The second kappa shape index (κ2) is 7.95. The number of amides is 1. The molecule has 0 saturated carbocycles. The minimum Gasteiger partial charge on any atom is -0.508 e. The maximum atomic E-state index is 13.3. The Morgan fingerprint density at radius 3 is 2.24 bits per heavy atom. The molecule has 0 spiro atoms. The van der Waals surface area contributed by atoms with Gasteiger partial charge in [0, 0.05) is 11.3 Å². The van der Waals surface area contributed by atoms with Crippen molar-refractivity contribution in [3.63, 3.8) is 0 Å². The van der Waals surface area contributed by atoms with E-state index in [0.29, 0.717) is 16.8 Å².